The Morgan fingerprint density at radius 1 is 1.17 bits per heavy atom. The zero-order chi connectivity index (χ0) is 26.6. The highest BCUT2D eigenvalue weighted by atomic mass is 79.9. The maximum atomic E-state index is 14.2. The average molecular weight is 574 g/mol. The Morgan fingerprint density at radius 3 is 2.42 bits per heavy atom. The summed E-state index contributed by atoms with van der Waals surface area (Å²) in [6.45, 7) is -0.896. The van der Waals surface area contributed by atoms with Crippen molar-refractivity contribution in [2.24, 2.45) is 0 Å². The molecule has 2 aromatic carbocycles. The summed E-state index contributed by atoms with van der Waals surface area (Å²) in [6.07, 6.45) is -5.37. The van der Waals surface area contributed by atoms with Crippen LogP contribution in [0.1, 0.15) is 34.8 Å². The van der Waals surface area contributed by atoms with E-state index < -0.39 is 72.5 Å². The number of urea groups is 1. The van der Waals surface area contributed by atoms with Gasteiger partial charge in [-0.1, -0.05) is 12.1 Å². The van der Waals surface area contributed by atoms with E-state index in [4.69, 9.17) is 0 Å². The molecule has 2 atom stereocenters. The van der Waals surface area contributed by atoms with E-state index in [1.165, 1.54) is 18.2 Å². The van der Waals surface area contributed by atoms with Crippen LogP contribution >= 0.6 is 15.9 Å². The van der Waals surface area contributed by atoms with E-state index in [9.17, 15) is 41.1 Å². The van der Waals surface area contributed by atoms with Crippen molar-refractivity contribution >= 4 is 39.6 Å². The Labute approximate surface area is 209 Å². The number of nitrogens with one attached hydrogen (secondary N) is 1. The number of Topliss-reactive ketones (excluding diaryl/α,β-unsaturated/α-hetero) is 1. The van der Waals surface area contributed by atoms with E-state index in [2.05, 4.69) is 21.2 Å². The molecule has 2 aliphatic rings. The highest BCUT2D eigenvalue weighted by Crippen LogP contribution is 2.43. The van der Waals surface area contributed by atoms with Crippen LogP contribution in [0, 0.1) is 11.6 Å². The van der Waals surface area contributed by atoms with Gasteiger partial charge >= 0.3 is 12.2 Å². The standard InChI is InChI=1S/C23H17BrF5N3O4/c1-11(23(27,28)29)31(9-12-2-4-13(25)5-3-12)19(34)10-32-20(35)22(30-21(32)36)8-18(33)14-6-16(24)17(26)7-15(14)22/h2-7,11H,8-10H2,1H3,(H,30,36)/t11-,22-/m0/s1. The summed E-state index contributed by atoms with van der Waals surface area (Å²) < 4.78 is 68.0. The van der Waals surface area contributed by atoms with Crippen molar-refractivity contribution < 1.29 is 41.1 Å². The Balaban J connectivity index is 1.63. The summed E-state index contributed by atoms with van der Waals surface area (Å²) in [4.78, 5) is 52.3. The van der Waals surface area contributed by atoms with E-state index in [1.54, 1.807) is 0 Å². The molecule has 1 heterocycles. The molecular weight excluding hydrogens is 557 g/mol. The molecule has 0 bridgehead atoms. The lowest BCUT2D eigenvalue weighted by Gasteiger charge is -2.32. The van der Waals surface area contributed by atoms with E-state index in [0.717, 1.165) is 25.1 Å². The average Bonchev–Trinajstić information content (AvgIpc) is 3.19. The number of amides is 4. The molecule has 0 aromatic heterocycles. The number of hydrogen-bond donors (Lipinski definition) is 1. The normalized spacial score (nSPS) is 20.1. The van der Waals surface area contributed by atoms with Gasteiger partial charge in [-0.25, -0.2) is 13.6 Å². The minimum Gasteiger partial charge on any atom is -0.325 e. The first-order valence-corrected chi connectivity index (χ1v) is 11.3. The van der Waals surface area contributed by atoms with Crippen LogP contribution in [0.2, 0.25) is 0 Å². The van der Waals surface area contributed by atoms with Gasteiger partial charge < -0.3 is 10.2 Å². The molecule has 0 radical (unpaired) electrons. The highest BCUT2D eigenvalue weighted by Gasteiger charge is 2.59. The monoisotopic (exact) mass is 573 g/mol. The Kier molecular flexibility index (Phi) is 6.40. The Hall–Kier alpha value is -3.35. The van der Waals surface area contributed by atoms with Gasteiger partial charge in [0.05, 0.1) is 4.47 Å². The lowest BCUT2D eigenvalue weighted by atomic mass is 9.91. The molecule has 1 fully saturated rings. The Morgan fingerprint density at radius 2 is 1.81 bits per heavy atom. The molecule has 13 heteroatoms. The minimum atomic E-state index is -4.84. The third-order valence-corrected chi connectivity index (χ3v) is 6.85. The summed E-state index contributed by atoms with van der Waals surface area (Å²) in [5.41, 5.74) is -1.89. The van der Waals surface area contributed by atoms with Crippen molar-refractivity contribution in [1.29, 1.82) is 0 Å². The van der Waals surface area contributed by atoms with Crippen LogP contribution < -0.4 is 5.32 Å². The second-order valence-electron chi connectivity index (χ2n) is 8.50. The smallest absolute Gasteiger partial charge is 0.325 e. The molecule has 4 rings (SSSR count). The molecule has 0 unspecified atom stereocenters. The predicted molar refractivity (Wildman–Crippen MR) is 117 cm³/mol. The van der Waals surface area contributed by atoms with Crippen molar-refractivity contribution in [2.45, 2.75) is 37.6 Å². The molecule has 0 saturated carbocycles. The van der Waals surface area contributed by atoms with E-state index in [1.807, 2.05) is 0 Å². The van der Waals surface area contributed by atoms with Crippen molar-refractivity contribution in [1.82, 2.24) is 15.1 Å². The van der Waals surface area contributed by atoms with Crippen LogP contribution in [-0.2, 0) is 21.7 Å². The van der Waals surface area contributed by atoms with E-state index in [-0.39, 0.29) is 21.2 Å². The van der Waals surface area contributed by atoms with Crippen LogP contribution in [0.25, 0.3) is 0 Å². The second kappa shape index (κ2) is 8.95. The maximum Gasteiger partial charge on any atom is 0.408 e. The number of ketones is 1. The third-order valence-electron chi connectivity index (χ3n) is 6.24. The van der Waals surface area contributed by atoms with Gasteiger partial charge in [-0.15, -0.1) is 0 Å². The third kappa shape index (κ3) is 4.36. The largest absolute Gasteiger partial charge is 0.408 e. The summed E-state index contributed by atoms with van der Waals surface area (Å²) in [5, 5.41) is 2.32. The van der Waals surface area contributed by atoms with Gasteiger partial charge in [0, 0.05) is 24.1 Å². The number of fused-ring (bicyclic) bond motifs is 2. The Bertz CT molecular complexity index is 1280. The van der Waals surface area contributed by atoms with Gasteiger partial charge in [-0.05, 0) is 52.7 Å². The van der Waals surface area contributed by atoms with Crippen LogP contribution in [-0.4, -0.2) is 52.2 Å². The van der Waals surface area contributed by atoms with Crippen LogP contribution in [0.5, 0.6) is 0 Å². The number of carbonyl (C=O) groups is 4. The predicted octanol–water partition coefficient (Wildman–Crippen LogP) is 4.04. The number of alkyl halides is 3. The van der Waals surface area contributed by atoms with Crippen molar-refractivity contribution in [2.75, 3.05) is 6.54 Å². The number of hydrogen-bond acceptors (Lipinski definition) is 4. The fourth-order valence-corrected chi connectivity index (χ4v) is 4.61. The number of rotatable bonds is 5. The first kappa shape index (κ1) is 25.7. The van der Waals surface area contributed by atoms with Crippen molar-refractivity contribution in [3.8, 4) is 0 Å². The zero-order valence-electron chi connectivity index (χ0n) is 18.5. The molecule has 190 valence electrons. The van der Waals surface area contributed by atoms with Crippen LogP contribution in [0.15, 0.2) is 40.9 Å². The second-order valence-corrected chi connectivity index (χ2v) is 9.36. The SMILES string of the molecule is C[C@H](N(Cc1ccc(F)cc1)C(=O)CN1C(=O)N[C@]2(CC(=O)c3cc(Br)c(F)cc32)C1=O)C(F)(F)F. The lowest BCUT2D eigenvalue weighted by Crippen LogP contribution is -2.51. The highest BCUT2D eigenvalue weighted by molar-refractivity contribution is 9.10. The fraction of sp³-hybridized carbons (Fsp3) is 0.304. The molecule has 1 spiro atoms. The topological polar surface area (TPSA) is 86.8 Å². The molecule has 1 N–H and O–H groups in total. The number of nitrogens with zero attached hydrogens (tertiary/aromatic N) is 2. The van der Waals surface area contributed by atoms with E-state index in [0.29, 0.717) is 9.80 Å². The molecule has 1 aliphatic carbocycles. The summed E-state index contributed by atoms with van der Waals surface area (Å²) in [5.74, 6) is -4.26. The number of benzene rings is 2. The molecule has 7 nitrogen and oxygen atoms in total. The maximum absolute atomic E-state index is 14.2. The molecule has 2 aromatic rings. The number of carbonyl (C=O) groups excluding carboxylic acids is 4. The number of halogens is 6. The van der Waals surface area contributed by atoms with Crippen LogP contribution in [0.3, 0.4) is 0 Å². The van der Waals surface area contributed by atoms with Gasteiger partial charge in [-0.3, -0.25) is 19.3 Å². The van der Waals surface area contributed by atoms with Gasteiger partial charge in [-0.2, -0.15) is 13.2 Å². The van der Waals surface area contributed by atoms with E-state index >= 15 is 0 Å². The fourth-order valence-electron chi connectivity index (χ4n) is 4.26. The first-order valence-electron chi connectivity index (χ1n) is 10.5. The van der Waals surface area contributed by atoms with Gasteiger partial charge in [0.25, 0.3) is 5.91 Å². The van der Waals surface area contributed by atoms with Gasteiger partial charge in [0.1, 0.15) is 24.2 Å². The van der Waals surface area contributed by atoms with Crippen molar-refractivity contribution in [3.05, 3.63) is 69.2 Å². The van der Waals surface area contributed by atoms with Gasteiger partial charge in [0.2, 0.25) is 5.91 Å². The van der Waals surface area contributed by atoms with Crippen LogP contribution in [0.4, 0.5) is 26.7 Å². The molecule has 4 amide bonds. The van der Waals surface area contributed by atoms with Gasteiger partial charge in [0.15, 0.2) is 11.3 Å². The molecular formula is C23H17BrF5N3O4. The summed E-state index contributed by atoms with van der Waals surface area (Å²) in [7, 11) is 0. The zero-order valence-corrected chi connectivity index (χ0v) is 20.0. The van der Waals surface area contributed by atoms with Crippen molar-refractivity contribution in [3.63, 3.8) is 0 Å². The molecule has 36 heavy (non-hydrogen) atoms. The lowest BCUT2D eigenvalue weighted by molar-refractivity contribution is -0.187. The quantitative estimate of drug-likeness (QED) is 0.432. The molecule has 1 aliphatic heterocycles. The molecule has 1 saturated heterocycles. The minimum absolute atomic E-state index is 0.00580. The first-order chi connectivity index (χ1) is 16.7. The number of imide groups is 1. The summed E-state index contributed by atoms with van der Waals surface area (Å²) >= 11 is 2.95. The summed E-state index contributed by atoms with van der Waals surface area (Å²) in [6, 6.07) is 3.12.